The Labute approximate surface area is 141 Å². The average molecular weight is 329 g/mol. The monoisotopic (exact) mass is 329 g/mol. The minimum absolute atomic E-state index is 0.306. The van der Waals surface area contributed by atoms with Gasteiger partial charge in [-0.25, -0.2) is 4.98 Å². The largest absolute Gasteiger partial charge is 0.338 e. The summed E-state index contributed by atoms with van der Waals surface area (Å²) < 4.78 is 2.29. The number of aryl methyl sites for hydroxylation is 1. The Hall–Kier alpha value is -1.49. The molecule has 2 aliphatic rings. The highest BCUT2D eigenvalue weighted by Gasteiger charge is 2.33. The van der Waals surface area contributed by atoms with Crippen LogP contribution in [0.5, 0.6) is 0 Å². The van der Waals surface area contributed by atoms with E-state index in [1.54, 1.807) is 0 Å². The van der Waals surface area contributed by atoms with Gasteiger partial charge in [0.15, 0.2) is 0 Å². The van der Waals surface area contributed by atoms with Crippen LogP contribution in [0.3, 0.4) is 0 Å². The topological polar surface area (TPSA) is 38.1 Å². The van der Waals surface area contributed by atoms with E-state index in [2.05, 4.69) is 34.7 Å². The zero-order chi connectivity index (χ0) is 15.8. The fraction of sp³-hybridized carbons (Fsp3) is 0.556. The number of fused-ring (bicyclic) bond motifs is 1. The fourth-order valence-electron chi connectivity index (χ4n) is 3.78. The van der Waals surface area contributed by atoms with Gasteiger partial charge in [0.1, 0.15) is 5.82 Å². The SMILES string of the molecule is Cc1nc2ccccc2n1C1CN(C(=O)CSC2CCCC2)C1. The standard InChI is InChI=1S/C18H23N3OS/c1-13-19-16-8-4-5-9-17(16)21(13)14-10-20(11-14)18(22)12-23-15-6-2-3-7-15/h4-5,8-9,14-15H,2-3,6-7,10-12H2,1H3. The summed E-state index contributed by atoms with van der Waals surface area (Å²) in [5.74, 6) is 2.00. The lowest BCUT2D eigenvalue weighted by Gasteiger charge is -2.40. The second-order valence-corrected chi connectivity index (χ2v) is 7.98. The molecule has 23 heavy (non-hydrogen) atoms. The van der Waals surface area contributed by atoms with Crippen LogP contribution < -0.4 is 0 Å². The molecule has 0 spiro atoms. The van der Waals surface area contributed by atoms with E-state index in [0.717, 1.165) is 29.7 Å². The number of hydrogen-bond acceptors (Lipinski definition) is 3. The summed E-state index contributed by atoms with van der Waals surface area (Å²) in [5.41, 5.74) is 2.23. The predicted molar refractivity (Wildman–Crippen MR) is 94.8 cm³/mol. The third kappa shape index (κ3) is 2.87. The number of imidazole rings is 1. The van der Waals surface area contributed by atoms with Crippen LogP contribution in [0.25, 0.3) is 11.0 Å². The van der Waals surface area contributed by atoms with E-state index >= 15 is 0 Å². The molecule has 4 rings (SSSR count). The quantitative estimate of drug-likeness (QED) is 0.863. The Balaban J connectivity index is 1.37. The highest BCUT2D eigenvalue weighted by molar-refractivity contribution is 8.00. The van der Waals surface area contributed by atoms with Crippen LogP contribution in [0.2, 0.25) is 0 Å². The summed E-state index contributed by atoms with van der Waals surface area (Å²) in [7, 11) is 0. The molecule has 1 aromatic carbocycles. The lowest BCUT2D eigenvalue weighted by molar-refractivity contribution is -0.133. The van der Waals surface area contributed by atoms with E-state index in [9.17, 15) is 4.79 Å². The van der Waals surface area contributed by atoms with Crippen molar-refractivity contribution in [3.8, 4) is 0 Å². The first kappa shape index (κ1) is 15.1. The molecule has 1 aromatic heterocycles. The third-order valence-electron chi connectivity index (χ3n) is 5.10. The van der Waals surface area contributed by atoms with Crippen LogP contribution in [-0.4, -0.2) is 44.5 Å². The number of amides is 1. The number of hydrogen-bond donors (Lipinski definition) is 0. The Morgan fingerprint density at radius 3 is 2.78 bits per heavy atom. The maximum Gasteiger partial charge on any atom is 0.232 e. The fourth-order valence-corrected chi connectivity index (χ4v) is 5.01. The van der Waals surface area contributed by atoms with Crippen LogP contribution >= 0.6 is 11.8 Å². The number of nitrogens with zero attached hydrogens (tertiary/aromatic N) is 3. The minimum Gasteiger partial charge on any atom is -0.338 e. The smallest absolute Gasteiger partial charge is 0.232 e. The Bertz CT molecular complexity index is 714. The molecule has 0 radical (unpaired) electrons. The molecular weight excluding hydrogens is 306 g/mol. The zero-order valence-electron chi connectivity index (χ0n) is 13.6. The van der Waals surface area contributed by atoms with Crippen molar-refractivity contribution < 1.29 is 4.79 Å². The summed E-state index contributed by atoms with van der Waals surface area (Å²) in [6.45, 7) is 3.71. The van der Waals surface area contributed by atoms with Crippen LogP contribution in [-0.2, 0) is 4.79 Å². The van der Waals surface area contributed by atoms with Gasteiger partial charge in [-0.05, 0) is 31.9 Å². The van der Waals surface area contributed by atoms with Crippen molar-refractivity contribution in [2.75, 3.05) is 18.8 Å². The molecule has 0 N–H and O–H groups in total. The van der Waals surface area contributed by atoms with Gasteiger partial charge in [-0.15, -0.1) is 11.8 Å². The first-order chi connectivity index (χ1) is 11.2. The molecule has 1 amide bonds. The van der Waals surface area contributed by atoms with Gasteiger partial charge < -0.3 is 9.47 Å². The van der Waals surface area contributed by atoms with Gasteiger partial charge in [0.2, 0.25) is 5.91 Å². The van der Waals surface area contributed by atoms with Crippen molar-refractivity contribution in [1.82, 2.24) is 14.5 Å². The average Bonchev–Trinajstić information content (AvgIpc) is 3.12. The molecule has 1 saturated carbocycles. The van der Waals surface area contributed by atoms with E-state index in [1.807, 2.05) is 22.7 Å². The van der Waals surface area contributed by atoms with Gasteiger partial charge in [-0.1, -0.05) is 25.0 Å². The molecule has 1 saturated heterocycles. The lowest BCUT2D eigenvalue weighted by atomic mass is 10.1. The van der Waals surface area contributed by atoms with Crippen molar-refractivity contribution in [2.24, 2.45) is 0 Å². The summed E-state index contributed by atoms with van der Waals surface area (Å²) in [6.07, 6.45) is 5.26. The van der Waals surface area contributed by atoms with E-state index < -0.39 is 0 Å². The maximum atomic E-state index is 12.3. The molecule has 0 bridgehead atoms. The Morgan fingerprint density at radius 1 is 1.26 bits per heavy atom. The predicted octanol–water partition coefficient (Wildman–Crippen LogP) is 3.40. The molecule has 0 unspecified atom stereocenters. The first-order valence-corrected chi connectivity index (χ1v) is 9.60. The molecule has 5 heteroatoms. The van der Waals surface area contributed by atoms with Gasteiger partial charge in [0, 0.05) is 18.3 Å². The third-order valence-corrected chi connectivity index (χ3v) is 6.45. The van der Waals surface area contributed by atoms with Crippen LogP contribution in [0.4, 0.5) is 0 Å². The zero-order valence-corrected chi connectivity index (χ0v) is 14.4. The lowest BCUT2D eigenvalue weighted by Crippen LogP contribution is -2.51. The number of para-hydroxylation sites is 2. The molecule has 0 atom stereocenters. The number of carbonyl (C=O) groups is 1. The number of benzene rings is 1. The molecule has 2 fully saturated rings. The summed E-state index contributed by atoms with van der Waals surface area (Å²) in [5, 5.41) is 0.718. The molecule has 1 aliphatic heterocycles. The van der Waals surface area contributed by atoms with E-state index in [-0.39, 0.29) is 0 Å². The van der Waals surface area contributed by atoms with Gasteiger partial charge >= 0.3 is 0 Å². The van der Waals surface area contributed by atoms with Crippen molar-refractivity contribution in [3.05, 3.63) is 30.1 Å². The highest BCUT2D eigenvalue weighted by atomic mass is 32.2. The van der Waals surface area contributed by atoms with Gasteiger partial charge in [0.05, 0.1) is 22.8 Å². The van der Waals surface area contributed by atoms with Crippen molar-refractivity contribution in [2.45, 2.75) is 43.9 Å². The van der Waals surface area contributed by atoms with Crippen LogP contribution in [0, 0.1) is 6.92 Å². The first-order valence-electron chi connectivity index (χ1n) is 8.55. The number of likely N-dealkylation sites (tertiary alicyclic amines) is 1. The highest BCUT2D eigenvalue weighted by Crippen LogP contribution is 2.31. The van der Waals surface area contributed by atoms with Crippen molar-refractivity contribution in [1.29, 1.82) is 0 Å². The molecule has 122 valence electrons. The Morgan fingerprint density at radius 2 is 2.00 bits per heavy atom. The molecule has 2 heterocycles. The molecule has 4 nitrogen and oxygen atoms in total. The molecular formula is C18H23N3OS. The minimum atomic E-state index is 0.306. The summed E-state index contributed by atoms with van der Waals surface area (Å²) in [6, 6.07) is 8.63. The summed E-state index contributed by atoms with van der Waals surface area (Å²) in [4.78, 5) is 19.0. The number of thioether (sulfide) groups is 1. The van der Waals surface area contributed by atoms with E-state index in [1.165, 1.54) is 31.2 Å². The van der Waals surface area contributed by atoms with Crippen molar-refractivity contribution >= 4 is 28.7 Å². The van der Waals surface area contributed by atoms with E-state index in [0.29, 0.717) is 17.7 Å². The van der Waals surface area contributed by atoms with Gasteiger partial charge in [0.25, 0.3) is 0 Å². The van der Waals surface area contributed by atoms with Crippen molar-refractivity contribution in [3.63, 3.8) is 0 Å². The number of aromatic nitrogens is 2. The van der Waals surface area contributed by atoms with Gasteiger partial charge in [-0.3, -0.25) is 4.79 Å². The normalized spacial score (nSPS) is 19.4. The second-order valence-electron chi connectivity index (χ2n) is 6.69. The number of rotatable bonds is 4. The molecule has 1 aliphatic carbocycles. The maximum absolute atomic E-state index is 12.3. The number of carbonyl (C=O) groups excluding carboxylic acids is 1. The molecule has 2 aromatic rings. The van der Waals surface area contributed by atoms with Crippen LogP contribution in [0.1, 0.15) is 37.5 Å². The van der Waals surface area contributed by atoms with E-state index in [4.69, 9.17) is 0 Å². The van der Waals surface area contributed by atoms with Crippen LogP contribution in [0.15, 0.2) is 24.3 Å². The summed E-state index contributed by atoms with van der Waals surface area (Å²) >= 11 is 1.86. The second kappa shape index (κ2) is 6.19. The van der Waals surface area contributed by atoms with Gasteiger partial charge in [-0.2, -0.15) is 0 Å². The Kier molecular flexibility index (Phi) is 4.05.